The Morgan fingerprint density at radius 2 is 2.05 bits per heavy atom. The van der Waals surface area contributed by atoms with Crippen LogP contribution in [-0.2, 0) is 4.74 Å². The molecule has 0 fully saturated rings. The molecule has 19 heavy (non-hydrogen) atoms. The first-order chi connectivity index (χ1) is 8.86. The second-order valence-electron chi connectivity index (χ2n) is 4.13. The van der Waals surface area contributed by atoms with E-state index in [4.69, 9.17) is 5.11 Å². The first kappa shape index (κ1) is 14.9. The molecular weight excluding hydrogens is 257 g/mol. The van der Waals surface area contributed by atoms with E-state index in [-0.39, 0.29) is 17.4 Å². The predicted molar refractivity (Wildman–Crippen MR) is 62.8 cm³/mol. The Bertz CT molecular complexity index is 489. The highest BCUT2D eigenvalue weighted by Crippen LogP contribution is 2.18. The van der Waals surface area contributed by atoms with E-state index in [0.717, 1.165) is 12.3 Å². The highest BCUT2D eigenvalue weighted by Gasteiger charge is 2.28. The molecule has 0 aromatic carbocycles. The van der Waals surface area contributed by atoms with E-state index >= 15 is 0 Å². The number of nitrogens with zero attached hydrogens (tertiary/aromatic N) is 1. The lowest BCUT2D eigenvalue weighted by Crippen LogP contribution is -2.32. The van der Waals surface area contributed by atoms with Gasteiger partial charge in [-0.25, -0.2) is 14.2 Å². The Morgan fingerprint density at radius 1 is 1.42 bits per heavy atom. The molecule has 1 heterocycles. The van der Waals surface area contributed by atoms with Gasteiger partial charge in [-0.05, 0) is 12.0 Å². The minimum atomic E-state index is -1.56. The van der Waals surface area contributed by atoms with Crippen LogP contribution in [0.2, 0.25) is 0 Å². The summed E-state index contributed by atoms with van der Waals surface area (Å²) in [6, 6.07) is 0.939. The van der Waals surface area contributed by atoms with Gasteiger partial charge in [0.25, 0.3) is 0 Å². The molecule has 1 N–H and O–H groups in total. The Morgan fingerprint density at radius 3 is 2.47 bits per heavy atom. The van der Waals surface area contributed by atoms with Gasteiger partial charge in [0.05, 0.1) is 7.11 Å². The molecule has 0 radical (unpaired) electrons. The summed E-state index contributed by atoms with van der Waals surface area (Å²) >= 11 is 0. The molecule has 0 aliphatic heterocycles. The smallest absolute Gasteiger partial charge is 0.479 e. The number of Topliss-reactive ketones (excluding diaryl/α,β-unsaturated/α-hetero) is 1. The van der Waals surface area contributed by atoms with Gasteiger partial charge in [-0.15, -0.1) is 0 Å². The summed E-state index contributed by atoms with van der Waals surface area (Å²) in [4.78, 5) is 26.2. The van der Waals surface area contributed by atoms with Crippen LogP contribution in [0.3, 0.4) is 0 Å². The monoisotopic (exact) mass is 271 g/mol. The van der Waals surface area contributed by atoms with Crippen LogP contribution in [0.25, 0.3) is 0 Å². The molecule has 0 amide bonds. The van der Waals surface area contributed by atoms with Gasteiger partial charge in [-0.3, -0.25) is 4.79 Å². The molecule has 7 heteroatoms. The second kappa shape index (κ2) is 6.12. The van der Waals surface area contributed by atoms with Crippen molar-refractivity contribution in [2.24, 2.45) is 5.92 Å². The van der Waals surface area contributed by atoms with Gasteiger partial charge in [-0.1, -0.05) is 13.8 Å². The molecule has 0 aliphatic carbocycles. The lowest BCUT2D eigenvalue weighted by molar-refractivity contribution is 0.0286. The van der Waals surface area contributed by atoms with Crippen LogP contribution >= 0.6 is 0 Å². The van der Waals surface area contributed by atoms with E-state index in [1.807, 2.05) is 0 Å². The van der Waals surface area contributed by atoms with Crippen LogP contribution in [0.1, 0.15) is 24.2 Å². The first-order valence-corrected chi connectivity index (χ1v) is 5.50. The molecule has 0 saturated carbocycles. The zero-order chi connectivity index (χ0) is 14.6. The quantitative estimate of drug-likeness (QED) is 0.652. The van der Waals surface area contributed by atoms with Gasteiger partial charge >= 0.3 is 6.16 Å². The topological polar surface area (TPSA) is 85.7 Å². The SMILES string of the molecule is COc1ncc(C(=O)C(OC(=O)O)C(C)C)cc1F. The van der Waals surface area contributed by atoms with E-state index in [1.165, 1.54) is 7.11 Å². The lowest BCUT2D eigenvalue weighted by Gasteiger charge is -2.18. The number of ketones is 1. The van der Waals surface area contributed by atoms with Crippen molar-refractivity contribution < 1.29 is 28.6 Å². The number of pyridine rings is 1. The van der Waals surface area contributed by atoms with Gasteiger partial charge in [0.1, 0.15) is 0 Å². The molecule has 1 atom stereocenters. The highest BCUT2D eigenvalue weighted by atomic mass is 19.1. The third kappa shape index (κ3) is 3.64. The number of rotatable bonds is 5. The van der Waals surface area contributed by atoms with E-state index in [2.05, 4.69) is 14.5 Å². The molecule has 0 saturated heterocycles. The molecular formula is C12H14FNO5. The van der Waals surface area contributed by atoms with E-state index < -0.39 is 23.9 Å². The van der Waals surface area contributed by atoms with Crippen molar-refractivity contribution in [3.8, 4) is 5.88 Å². The van der Waals surface area contributed by atoms with E-state index in [9.17, 15) is 14.0 Å². The molecule has 1 unspecified atom stereocenters. The Hall–Kier alpha value is -2.18. The number of hydrogen-bond donors (Lipinski definition) is 1. The van der Waals surface area contributed by atoms with Crippen molar-refractivity contribution in [1.29, 1.82) is 0 Å². The van der Waals surface area contributed by atoms with Crippen molar-refractivity contribution in [2.75, 3.05) is 7.11 Å². The van der Waals surface area contributed by atoms with Crippen LogP contribution in [-0.4, -0.2) is 35.2 Å². The van der Waals surface area contributed by atoms with Crippen LogP contribution in [0, 0.1) is 11.7 Å². The van der Waals surface area contributed by atoms with Gasteiger partial charge in [-0.2, -0.15) is 0 Å². The molecule has 104 valence electrons. The average Bonchev–Trinajstić information content (AvgIpc) is 2.34. The number of methoxy groups -OCH3 is 1. The maximum atomic E-state index is 13.4. The van der Waals surface area contributed by atoms with Gasteiger partial charge in [0, 0.05) is 11.8 Å². The normalized spacial score (nSPS) is 12.1. The fourth-order valence-electron chi connectivity index (χ4n) is 1.48. The van der Waals surface area contributed by atoms with Crippen molar-refractivity contribution >= 4 is 11.9 Å². The number of carbonyl (C=O) groups excluding carboxylic acids is 1. The number of halogens is 1. The fraction of sp³-hybridized carbons (Fsp3) is 0.417. The number of carbonyl (C=O) groups is 2. The van der Waals surface area contributed by atoms with E-state index in [1.54, 1.807) is 13.8 Å². The van der Waals surface area contributed by atoms with Gasteiger partial charge in [0.2, 0.25) is 11.7 Å². The highest BCUT2D eigenvalue weighted by molar-refractivity contribution is 6.00. The van der Waals surface area contributed by atoms with Crippen molar-refractivity contribution in [3.05, 3.63) is 23.6 Å². The third-order valence-electron chi connectivity index (χ3n) is 2.38. The van der Waals surface area contributed by atoms with Crippen molar-refractivity contribution in [2.45, 2.75) is 20.0 Å². The number of carboxylic acid groups (broad SMARTS) is 1. The number of ether oxygens (including phenoxy) is 2. The average molecular weight is 271 g/mol. The summed E-state index contributed by atoms with van der Waals surface area (Å²) in [5, 5.41) is 8.58. The first-order valence-electron chi connectivity index (χ1n) is 5.50. The largest absolute Gasteiger partial charge is 0.506 e. The Labute approximate surface area is 109 Å². The second-order valence-corrected chi connectivity index (χ2v) is 4.13. The lowest BCUT2D eigenvalue weighted by atomic mass is 9.98. The van der Waals surface area contributed by atoms with Crippen LogP contribution in [0.5, 0.6) is 5.88 Å². The minimum Gasteiger partial charge on any atom is -0.479 e. The Balaban J connectivity index is 3.03. The van der Waals surface area contributed by atoms with E-state index in [0.29, 0.717) is 0 Å². The molecule has 0 aliphatic rings. The molecule has 1 aromatic rings. The zero-order valence-electron chi connectivity index (χ0n) is 10.7. The maximum absolute atomic E-state index is 13.4. The van der Waals surface area contributed by atoms with Crippen LogP contribution < -0.4 is 4.74 Å². The minimum absolute atomic E-state index is 0.0711. The van der Waals surface area contributed by atoms with Crippen LogP contribution in [0.4, 0.5) is 9.18 Å². The fourth-order valence-corrected chi connectivity index (χ4v) is 1.48. The van der Waals surface area contributed by atoms with Gasteiger partial charge < -0.3 is 14.6 Å². The summed E-state index contributed by atoms with van der Waals surface area (Å²) in [6.45, 7) is 3.25. The van der Waals surface area contributed by atoms with Crippen LogP contribution in [0.15, 0.2) is 12.3 Å². The summed E-state index contributed by atoms with van der Waals surface area (Å²) in [7, 11) is 1.25. The molecule has 6 nitrogen and oxygen atoms in total. The molecule has 1 rings (SSSR count). The molecule has 0 spiro atoms. The summed E-state index contributed by atoms with van der Waals surface area (Å²) in [5.41, 5.74) is -0.0711. The van der Waals surface area contributed by atoms with Gasteiger partial charge in [0.15, 0.2) is 11.9 Å². The van der Waals surface area contributed by atoms with Crippen molar-refractivity contribution in [1.82, 2.24) is 4.98 Å². The summed E-state index contributed by atoms with van der Waals surface area (Å²) < 4.78 is 22.6. The molecule has 0 bridgehead atoms. The Kier molecular flexibility index (Phi) is 4.80. The number of hydrogen-bond acceptors (Lipinski definition) is 5. The molecule has 1 aromatic heterocycles. The third-order valence-corrected chi connectivity index (χ3v) is 2.38. The number of aromatic nitrogens is 1. The summed E-state index contributed by atoms with van der Waals surface area (Å²) in [5.74, 6) is -2.07. The zero-order valence-corrected chi connectivity index (χ0v) is 10.7. The van der Waals surface area contributed by atoms with Crippen molar-refractivity contribution in [3.63, 3.8) is 0 Å². The maximum Gasteiger partial charge on any atom is 0.506 e. The summed E-state index contributed by atoms with van der Waals surface area (Å²) in [6.07, 6.45) is -1.65. The predicted octanol–water partition coefficient (Wildman–Crippen LogP) is 2.13. The standard InChI is InChI=1S/C12H14FNO5/c1-6(2)10(19-12(16)17)9(15)7-4-8(13)11(18-3)14-5-7/h4-6,10H,1-3H3,(H,16,17).